The second-order valence-electron chi connectivity index (χ2n) is 5.73. The van der Waals surface area contributed by atoms with Crippen molar-refractivity contribution in [1.29, 1.82) is 0 Å². The van der Waals surface area contributed by atoms with Crippen molar-refractivity contribution >= 4 is 6.41 Å². The fraction of sp³-hybridized carbons (Fsp3) is 0.588. The number of amides is 1. The maximum Gasteiger partial charge on any atom is 0.207 e. The molecule has 1 amide bonds. The molecule has 2 N–H and O–H groups in total. The van der Waals surface area contributed by atoms with Crippen molar-refractivity contribution in [2.45, 2.75) is 44.1 Å². The highest BCUT2D eigenvalue weighted by Crippen LogP contribution is 2.38. The smallest absolute Gasteiger partial charge is 0.207 e. The molecule has 1 aliphatic carbocycles. The highest BCUT2D eigenvalue weighted by atomic mass is 16.5. The Hall–Kier alpha value is -1.55. The molecule has 0 heterocycles. The first-order chi connectivity index (χ1) is 10.3. The molecule has 1 saturated carbocycles. The monoisotopic (exact) mass is 290 g/mol. The van der Waals surface area contributed by atoms with Crippen molar-refractivity contribution in [3.05, 3.63) is 29.8 Å². The van der Waals surface area contributed by atoms with Gasteiger partial charge in [0.05, 0.1) is 7.11 Å². The summed E-state index contributed by atoms with van der Waals surface area (Å²) in [5.74, 6) is 0.918. The number of benzene rings is 1. The van der Waals surface area contributed by atoms with Gasteiger partial charge in [-0.3, -0.25) is 4.79 Å². The molecule has 0 bridgehead atoms. The fourth-order valence-electron chi connectivity index (χ4n) is 3.22. The highest BCUT2D eigenvalue weighted by molar-refractivity contribution is 5.45. The van der Waals surface area contributed by atoms with Gasteiger partial charge in [-0.05, 0) is 43.5 Å². The van der Waals surface area contributed by atoms with E-state index in [-0.39, 0.29) is 5.54 Å². The molecule has 1 aromatic rings. The maximum atomic E-state index is 10.3. The van der Waals surface area contributed by atoms with E-state index < -0.39 is 0 Å². The lowest BCUT2D eigenvalue weighted by molar-refractivity contribution is -0.109. The van der Waals surface area contributed by atoms with Crippen LogP contribution in [0.25, 0.3) is 0 Å². The van der Waals surface area contributed by atoms with Crippen LogP contribution in [0.4, 0.5) is 0 Å². The zero-order valence-electron chi connectivity index (χ0n) is 12.9. The van der Waals surface area contributed by atoms with Crippen molar-refractivity contribution < 1.29 is 9.53 Å². The fourth-order valence-corrected chi connectivity index (χ4v) is 3.22. The first-order valence-corrected chi connectivity index (χ1v) is 7.87. The molecule has 0 spiro atoms. The number of methoxy groups -OCH3 is 1. The van der Waals surface area contributed by atoms with Crippen LogP contribution in [0.2, 0.25) is 0 Å². The first-order valence-electron chi connectivity index (χ1n) is 7.87. The molecule has 1 aromatic carbocycles. The number of hydrogen-bond acceptors (Lipinski definition) is 3. The Balaban J connectivity index is 2.06. The SMILES string of the molecule is COc1cccc(C2(NCCCNC=O)CCCCC2)c1. The van der Waals surface area contributed by atoms with Gasteiger partial charge >= 0.3 is 0 Å². The molecule has 0 atom stereocenters. The zero-order chi connectivity index (χ0) is 15.0. The van der Waals surface area contributed by atoms with Gasteiger partial charge in [-0.2, -0.15) is 0 Å². The van der Waals surface area contributed by atoms with Gasteiger partial charge in [0.25, 0.3) is 0 Å². The van der Waals surface area contributed by atoms with E-state index in [1.165, 1.54) is 37.7 Å². The lowest BCUT2D eigenvalue weighted by atomic mass is 9.76. The van der Waals surface area contributed by atoms with Crippen molar-refractivity contribution in [2.24, 2.45) is 0 Å². The second-order valence-corrected chi connectivity index (χ2v) is 5.73. The molecule has 21 heavy (non-hydrogen) atoms. The molecule has 0 aliphatic heterocycles. The third-order valence-electron chi connectivity index (χ3n) is 4.37. The summed E-state index contributed by atoms with van der Waals surface area (Å²) in [7, 11) is 1.71. The second kappa shape index (κ2) is 8.03. The Kier molecular flexibility index (Phi) is 6.05. The van der Waals surface area contributed by atoms with Crippen LogP contribution in [0.3, 0.4) is 0 Å². The Morgan fingerprint density at radius 3 is 2.76 bits per heavy atom. The molecule has 0 aromatic heterocycles. The maximum absolute atomic E-state index is 10.3. The third-order valence-corrected chi connectivity index (χ3v) is 4.37. The average Bonchev–Trinajstić information content (AvgIpc) is 2.55. The van der Waals surface area contributed by atoms with Gasteiger partial charge in [-0.25, -0.2) is 0 Å². The zero-order valence-corrected chi connectivity index (χ0v) is 12.9. The normalized spacial score (nSPS) is 17.2. The van der Waals surface area contributed by atoms with Crippen molar-refractivity contribution in [3.8, 4) is 5.75 Å². The number of nitrogens with one attached hydrogen (secondary N) is 2. The van der Waals surface area contributed by atoms with E-state index in [1.54, 1.807) is 7.11 Å². The van der Waals surface area contributed by atoms with Crippen LogP contribution >= 0.6 is 0 Å². The van der Waals surface area contributed by atoms with Gasteiger partial charge in [0.1, 0.15) is 5.75 Å². The number of carbonyl (C=O) groups excluding carboxylic acids is 1. The van der Waals surface area contributed by atoms with Gasteiger partial charge in [-0.15, -0.1) is 0 Å². The Labute approximate surface area is 127 Å². The van der Waals surface area contributed by atoms with E-state index in [4.69, 9.17) is 4.74 Å². The molecule has 0 radical (unpaired) electrons. The lowest BCUT2D eigenvalue weighted by Crippen LogP contribution is -2.44. The molecule has 1 fully saturated rings. The molecule has 4 nitrogen and oxygen atoms in total. The molecule has 2 rings (SSSR count). The minimum absolute atomic E-state index is 0.0635. The van der Waals surface area contributed by atoms with Gasteiger partial charge in [0.2, 0.25) is 6.41 Å². The van der Waals surface area contributed by atoms with Crippen molar-refractivity contribution in [2.75, 3.05) is 20.2 Å². The largest absolute Gasteiger partial charge is 0.497 e. The minimum atomic E-state index is 0.0635. The van der Waals surface area contributed by atoms with Gasteiger partial charge in [0, 0.05) is 12.1 Å². The highest BCUT2D eigenvalue weighted by Gasteiger charge is 2.33. The summed E-state index contributed by atoms with van der Waals surface area (Å²) in [6.07, 6.45) is 7.89. The topological polar surface area (TPSA) is 50.4 Å². The van der Waals surface area contributed by atoms with Crippen molar-refractivity contribution in [3.63, 3.8) is 0 Å². The van der Waals surface area contributed by atoms with Crippen LogP contribution < -0.4 is 15.4 Å². The summed E-state index contributed by atoms with van der Waals surface area (Å²) in [6.45, 7) is 1.64. The Morgan fingerprint density at radius 1 is 1.24 bits per heavy atom. The number of carbonyl (C=O) groups is 1. The van der Waals surface area contributed by atoms with Crippen LogP contribution in [0.15, 0.2) is 24.3 Å². The number of hydrogen-bond donors (Lipinski definition) is 2. The predicted octanol–water partition coefficient (Wildman–Crippen LogP) is 2.58. The standard InChI is InChI=1S/C17H26N2O2/c1-21-16-8-5-7-15(13-16)17(9-3-2-4-10-17)19-12-6-11-18-14-20/h5,7-8,13-14,19H,2-4,6,9-12H2,1H3,(H,18,20). The molecular weight excluding hydrogens is 264 g/mol. The van der Waals surface area contributed by atoms with Gasteiger partial charge in [0.15, 0.2) is 0 Å². The predicted molar refractivity (Wildman–Crippen MR) is 84.4 cm³/mol. The van der Waals surface area contributed by atoms with E-state index in [9.17, 15) is 4.79 Å². The molecule has 0 saturated heterocycles. The molecule has 1 aliphatic rings. The lowest BCUT2D eigenvalue weighted by Gasteiger charge is -2.39. The third kappa shape index (κ3) is 4.21. The van der Waals surface area contributed by atoms with E-state index >= 15 is 0 Å². The molecule has 0 unspecified atom stereocenters. The quantitative estimate of drug-likeness (QED) is 0.571. The molecule has 116 valence electrons. The molecular formula is C17H26N2O2. The summed E-state index contributed by atoms with van der Waals surface area (Å²) < 4.78 is 5.37. The van der Waals surface area contributed by atoms with Crippen LogP contribution in [-0.4, -0.2) is 26.6 Å². The van der Waals surface area contributed by atoms with Crippen LogP contribution in [0.1, 0.15) is 44.1 Å². The Morgan fingerprint density at radius 2 is 2.05 bits per heavy atom. The minimum Gasteiger partial charge on any atom is -0.497 e. The Bertz CT molecular complexity index is 442. The van der Waals surface area contributed by atoms with E-state index in [0.717, 1.165) is 31.7 Å². The number of rotatable bonds is 8. The van der Waals surface area contributed by atoms with E-state index in [1.807, 2.05) is 6.07 Å². The van der Waals surface area contributed by atoms with Gasteiger partial charge in [-0.1, -0.05) is 31.4 Å². The summed E-state index contributed by atoms with van der Waals surface area (Å²) in [5, 5.41) is 6.47. The summed E-state index contributed by atoms with van der Waals surface area (Å²) in [4.78, 5) is 10.3. The summed E-state index contributed by atoms with van der Waals surface area (Å²) >= 11 is 0. The van der Waals surface area contributed by atoms with E-state index in [2.05, 4.69) is 28.8 Å². The average molecular weight is 290 g/mol. The number of ether oxygens (including phenoxy) is 1. The summed E-state index contributed by atoms with van der Waals surface area (Å²) in [6, 6.07) is 8.42. The van der Waals surface area contributed by atoms with Crippen molar-refractivity contribution in [1.82, 2.24) is 10.6 Å². The first kappa shape index (κ1) is 15.8. The summed E-state index contributed by atoms with van der Waals surface area (Å²) in [5.41, 5.74) is 1.39. The van der Waals surface area contributed by atoms with Gasteiger partial charge < -0.3 is 15.4 Å². The molecule has 4 heteroatoms. The van der Waals surface area contributed by atoms with E-state index in [0.29, 0.717) is 0 Å². The van der Waals surface area contributed by atoms with Crippen LogP contribution in [0.5, 0.6) is 5.75 Å². The van der Waals surface area contributed by atoms with Crippen LogP contribution in [-0.2, 0) is 10.3 Å². The van der Waals surface area contributed by atoms with Crippen LogP contribution in [0, 0.1) is 0 Å².